The lowest BCUT2D eigenvalue weighted by Gasteiger charge is -2.41. The van der Waals surface area contributed by atoms with Crippen molar-refractivity contribution in [3.05, 3.63) is 48.6 Å². The first kappa shape index (κ1) is 37.4. The molecule has 1 aromatic carbocycles. The smallest absolute Gasteiger partial charge is 0.437 e. The molecule has 0 bridgehead atoms. The first-order valence-corrected chi connectivity index (χ1v) is 17.5. The molecule has 0 saturated carbocycles. The average molecular weight is 678 g/mol. The largest absolute Gasteiger partial charge is 0.444 e. The molecule has 2 aliphatic heterocycles. The van der Waals surface area contributed by atoms with Crippen LogP contribution in [0.3, 0.4) is 0 Å². The maximum Gasteiger partial charge on any atom is 0.437 e. The summed E-state index contributed by atoms with van der Waals surface area (Å²) < 4.78 is 39.4. The number of unbranched alkanes of at least 4 members (excludes halogenated alkanes) is 2. The Morgan fingerprint density at radius 3 is 2.53 bits per heavy atom. The van der Waals surface area contributed by atoms with Crippen LogP contribution in [-0.4, -0.2) is 99.2 Å². The highest BCUT2D eigenvalue weighted by Crippen LogP contribution is 2.21. The molecule has 2 fully saturated rings. The lowest BCUT2D eigenvalue weighted by molar-refractivity contribution is -0.138. The number of likely N-dealkylation sites (tertiary alicyclic amines) is 2. The van der Waals surface area contributed by atoms with Gasteiger partial charge in [-0.15, -0.1) is 4.99 Å². The SMILES string of the molecule is C=CCOC(=O)/N=C(\N)N1CCC[C@H](NC(=O)CN2CCCC[C@H](NS(=O)(=O)Cc3ccccc3)C2=O)C1OCCCCCC(N)=O. The van der Waals surface area contributed by atoms with Crippen LogP contribution >= 0.6 is 0 Å². The van der Waals surface area contributed by atoms with Gasteiger partial charge in [-0.25, -0.2) is 17.9 Å². The van der Waals surface area contributed by atoms with Gasteiger partial charge in [0, 0.05) is 26.1 Å². The van der Waals surface area contributed by atoms with Crippen molar-refractivity contribution in [3.63, 3.8) is 0 Å². The van der Waals surface area contributed by atoms with E-state index >= 15 is 0 Å². The van der Waals surface area contributed by atoms with E-state index < -0.39 is 46.2 Å². The van der Waals surface area contributed by atoms with Gasteiger partial charge in [-0.3, -0.25) is 14.4 Å². The Morgan fingerprint density at radius 1 is 1.04 bits per heavy atom. The van der Waals surface area contributed by atoms with E-state index in [2.05, 4.69) is 21.6 Å². The molecule has 6 N–H and O–H groups in total. The van der Waals surface area contributed by atoms with E-state index in [-0.39, 0.29) is 43.8 Å². The van der Waals surface area contributed by atoms with Gasteiger partial charge in [-0.1, -0.05) is 49.4 Å². The molecule has 4 amide bonds. The number of ether oxygens (including phenoxy) is 2. The molecule has 3 atom stereocenters. The fraction of sp³-hybridized carbons (Fsp3) is 0.581. The fourth-order valence-electron chi connectivity index (χ4n) is 5.51. The Kier molecular flexibility index (Phi) is 15.1. The quantitative estimate of drug-likeness (QED) is 0.0845. The van der Waals surface area contributed by atoms with Gasteiger partial charge in [0.25, 0.3) is 0 Å². The first-order chi connectivity index (χ1) is 22.5. The topological polar surface area (TPSA) is 216 Å². The van der Waals surface area contributed by atoms with Gasteiger partial charge in [-0.2, -0.15) is 0 Å². The van der Waals surface area contributed by atoms with Gasteiger partial charge >= 0.3 is 6.09 Å². The van der Waals surface area contributed by atoms with E-state index in [1.165, 1.54) is 11.0 Å². The highest BCUT2D eigenvalue weighted by molar-refractivity contribution is 7.88. The van der Waals surface area contributed by atoms with Crippen LogP contribution in [0.5, 0.6) is 0 Å². The maximum absolute atomic E-state index is 13.4. The van der Waals surface area contributed by atoms with E-state index in [0.29, 0.717) is 70.0 Å². The number of amides is 4. The number of carbonyl (C=O) groups excluding carboxylic acids is 4. The number of guanidine groups is 1. The molecule has 0 aromatic heterocycles. The summed E-state index contributed by atoms with van der Waals surface area (Å²) in [4.78, 5) is 56.7. The summed E-state index contributed by atoms with van der Waals surface area (Å²) in [7, 11) is -3.82. The van der Waals surface area contributed by atoms with Crippen molar-refractivity contribution < 1.29 is 37.1 Å². The summed E-state index contributed by atoms with van der Waals surface area (Å²) >= 11 is 0. The summed E-state index contributed by atoms with van der Waals surface area (Å²) in [5.74, 6) is -1.68. The molecule has 0 spiro atoms. The van der Waals surface area contributed by atoms with E-state index in [1.807, 2.05) is 0 Å². The number of aliphatic imine (C=N–C) groups is 1. The van der Waals surface area contributed by atoms with Crippen LogP contribution in [0.2, 0.25) is 0 Å². The molecular weight excluding hydrogens is 630 g/mol. The predicted molar refractivity (Wildman–Crippen MR) is 175 cm³/mol. The zero-order valence-corrected chi connectivity index (χ0v) is 27.5. The highest BCUT2D eigenvalue weighted by atomic mass is 32.2. The number of carbonyl (C=O) groups is 4. The summed E-state index contributed by atoms with van der Waals surface area (Å²) in [6.07, 6.45) is 4.58. The second kappa shape index (κ2) is 19.0. The van der Waals surface area contributed by atoms with Crippen molar-refractivity contribution in [1.29, 1.82) is 0 Å². The van der Waals surface area contributed by atoms with Crippen molar-refractivity contribution in [1.82, 2.24) is 19.8 Å². The van der Waals surface area contributed by atoms with Crippen molar-refractivity contribution >= 4 is 39.8 Å². The third kappa shape index (κ3) is 13.0. The summed E-state index contributed by atoms with van der Waals surface area (Å²) in [5, 5.41) is 2.95. The number of hydrogen-bond acceptors (Lipinski definition) is 8. The second-order valence-corrected chi connectivity index (χ2v) is 13.3. The number of nitrogens with two attached hydrogens (primary N) is 2. The van der Waals surface area contributed by atoms with Crippen LogP contribution in [-0.2, 0) is 39.6 Å². The minimum Gasteiger partial charge on any atom is -0.444 e. The number of nitrogens with zero attached hydrogens (tertiary/aromatic N) is 3. The molecule has 0 aliphatic carbocycles. The molecule has 47 heavy (non-hydrogen) atoms. The van der Waals surface area contributed by atoms with Gasteiger partial charge in [0.05, 0.1) is 18.3 Å². The van der Waals surface area contributed by atoms with Crippen LogP contribution in [0.1, 0.15) is 63.4 Å². The van der Waals surface area contributed by atoms with Crippen molar-refractivity contribution in [2.45, 2.75) is 81.9 Å². The lowest BCUT2D eigenvalue weighted by atomic mass is 10.0. The number of nitrogens with one attached hydrogen (secondary N) is 2. The van der Waals surface area contributed by atoms with Gasteiger partial charge < -0.3 is 36.1 Å². The molecular formula is C31H47N7O8S. The molecule has 0 radical (unpaired) electrons. The van der Waals surface area contributed by atoms with E-state index in [1.54, 1.807) is 35.2 Å². The van der Waals surface area contributed by atoms with Crippen LogP contribution < -0.4 is 21.5 Å². The Morgan fingerprint density at radius 2 is 1.81 bits per heavy atom. The minimum absolute atomic E-state index is 0.0376. The molecule has 2 aliphatic rings. The van der Waals surface area contributed by atoms with Crippen LogP contribution in [0.15, 0.2) is 48.0 Å². The molecule has 1 unspecified atom stereocenters. The number of hydrogen-bond donors (Lipinski definition) is 4. The predicted octanol–water partition coefficient (Wildman–Crippen LogP) is 1.09. The molecule has 2 saturated heterocycles. The highest BCUT2D eigenvalue weighted by Gasteiger charge is 2.36. The van der Waals surface area contributed by atoms with Crippen LogP contribution in [0, 0.1) is 0 Å². The van der Waals surface area contributed by atoms with E-state index in [4.69, 9.17) is 20.9 Å². The zero-order valence-electron chi connectivity index (χ0n) is 26.7. The van der Waals surface area contributed by atoms with Crippen LogP contribution in [0.4, 0.5) is 4.79 Å². The van der Waals surface area contributed by atoms with Gasteiger partial charge in [0.15, 0.2) is 6.23 Å². The van der Waals surface area contributed by atoms with Gasteiger partial charge in [-0.05, 0) is 50.5 Å². The molecule has 16 heteroatoms. The Balaban J connectivity index is 1.66. The molecule has 1 aromatic rings. The zero-order chi connectivity index (χ0) is 34.2. The lowest BCUT2D eigenvalue weighted by Crippen LogP contribution is -2.61. The van der Waals surface area contributed by atoms with Crippen molar-refractivity contribution in [2.75, 3.05) is 32.8 Å². The van der Waals surface area contributed by atoms with Gasteiger partial charge in [0.1, 0.15) is 12.6 Å². The standard InChI is InChI=1S/C31H47N7O8S/c1-2-19-46-31(42)35-30(33)38-18-11-15-25(29(38)45-20-10-4-7-16-26(32)39)34-27(40)21-37-17-9-8-14-24(28(37)41)36-47(43,44)22-23-12-5-3-6-13-23/h2-3,5-6,12-13,24-25,29,36H,1,4,7-11,14-22H2,(H2,32,39)(H,34,40)(H2,33,35,42)/t24-,25-,29?/m0/s1. The summed E-state index contributed by atoms with van der Waals surface area (Å²) in [6, 6.07) is 7.14. The number of primary amides is 1. The molecule has 260 valence electrons. The molecule has 15 nitrogen and oxygen atoms in total. The summed E-state index contributed by atoms with van der Waals surface area (Å²) in [6.45, 7) is 4.16. The van der Waals surface area contributed by atoms with Gasteiger partial charge in [0.2, 0.25) is 33.7 Å². The maximum atomic E-state index is 13.4. The number of sulfonamides is 1. The number of rotatable bonds is 16. The minimum atomic E-state index is -3.82. The second-order valence-electron chi connectivity index (χ2n) is 11.6. The van der Waals surface area contributed by atoms with E-state index in [0.717, 1.165) is 0 Å². The van der Waals surface area contributed by atoms with Crippen molar-refractivity contribution in [3.8, 4) is 0 Å². The Labute approximate surface area is 276 Å². The third-order valence-corrected chi connectivity index (χ3v) is 9.09. The number of piperidine rings is 1. The third-order valence-electron chi connectivity index (χ3n) is 7.73. The monoisotopic (exact) mass is 677 g/mol. The Bertz CT molecular complexity index is 1360. The first-order valence-electron chi connectivity index (χ1n) is 15.9. The molecule has 3 rings (SSSR count). The Hall–Kier alpha value is -4.02. The van der Waals surface area contributed by atoms with Crippen molar-refractivity contribution in [2.24, 2.45) is 16.5 Å². The normalized spacial score (nSPS) is 20.7. The molecule has 2 heterocycles. The fourth-order valence-corrected chi connectivity index (χ4v) is 6.88. The van der Waals surface area contributed by atoms with E-state index in [9.17, 15) is 27.6 Å². The number of benzene rings is 1. The van der Waals surface area contributed by atoms with Crippen LogP contribution in [0.25, 0.3) is 0 Å². The summed E-state index contributed by atoms with van der Waals surface area (Å²) in [5.41, 5.74) is 12.0. The average Bonchev–Trinajstić information content (AvgIpc) is 3.18.